The molecule has 1 fully saturated rings. The minimum atomic E-state index is -4.57. The summed E-state index contributed by atoms with van der Waals surface area (Å²) < 4.78 is 79.7. The summed E-state index contributed by atoms with van der Waals surface area (Å²) in [4.78, 5) is 25.0. The fourth-order valence-corrected chi connectivity index (χ4v) is 4.17. The number of alkyl halides is 3. The molecular formula is C21H28F3NO7S. The molecule has 0 aromatic heterocycles. The summed E-state index contributed by atoms with van der Waals surface area (Å²) in [5.74, 6) is -1.62. The summed E-state index contributed by atoms with van der Waals surface area (Å²) in [5.41, 5.74) is -2.59. The van der Waals surface area contributed by atoms with E-state index in [4.69, 9.17) is 13.7 Å². The van der Waals surface area contributed by atoms with E-state index in [0.717, 1.165) is 24.3 Å². The van der Waals surface area contributed by atoms with E-state index in [1.165, 1.54) is 0 Å². The molecule has 1 saturated heterocycles. The monoisotopic (exact) mass is 495 g/mol. The van der Waals surface area contributed by atoms with Crippen molar-refractivity contribution < 1.29 is 44.8 Å². The van der Waals surface area contributed by atoms with E-state index in [0.29, 0.717) is 4.31 Å². The van der Waals surface area contributed by atoms with Crippen molar-refractivity contribution >= 4 is 22.4 Å². The molecule has 1 amide bonds. The van der Waals surface area contributed by atoms with Crippen molar-refractivity contribution in [2.24, 2.45) is 5.41 Å². The Labute approximate surface area is 191 Å². The van der Waals surface area contributed by atoms with E-state index < -0.39 is 70.3 Å². The molecule has 33 heavy (non-hydrogen) atoms. The zero-order chi connectivity index (χ0) is 25.4. The molecule has 1 heterocycles. The number of nitrogens with zero attached hydrogens (tertiary/aromatic N) is 1. The Morgan fingerprint density at radius 2 is 1.64 bits per heavy atom. The quantitative estimate of drug-likeness (QED) is 0.576. The highest BCUT2D eigenvalue weighted by molar-refractivity contribution is 7.85. The molecule has 0 aliphatic carbocycles. The van der Waals surface area contributed by atoms with Gasteiger partial charge in [-0.2, -0.15) is 25.9 Å². The number of hydrogen-bond donors (Lipinski definition) is 0. The maximum atomic E-state index is 13.0. The Morgan fingerprint density at radius 3 is 2.09 bits per heavy atom. The van der Waals surface area contributed by atoms with Crippen LogP contribution in [0.4, 0.5) is 18.0 Å². The van der Waals surface area contributed by atoms with Crippen LogP contribution in [0.3, 0.4) is 0 Å². The average molecular weight is 496 g/mol. The van der Waals surface area contributed by atoms with E-state index in [9.17, 15) is 31.2 Å². The van der Waals surface area contributed by atoms with Gasteiger partial charge in [-0.05, 0) is 59.2 Å². The summed E-state index contributed by atoms with van der Waals surface area (Å²) in [6.07, 6.45) is -5.78. The molecule has 0 bridgehead atoms. The van der Waals surface area contributed by atoms with Crippen LogP contribution in [0.1, 0.15) is 58.6 Å². The largest absolute Gasteiger partial charge is 0.465 e. The molecule has 12 heteroatoms. The predicted octanol–water partition coefficient (Wildman–Crippen LogP) is 4.26. The van der Waals surface area contributed by atoms with Gasteiger partial charge in [0.25, 0.3) is 0 Å². The molecule has 0 radical (unpaired) electrons. The van der Waals surface area contributed by atoms with E-state index in [-0.39, 0.29) is 5.56 Å². The number of ether oxygens (including phenoxy) is 2. The SMILES string of the molecule is CC(C)(C)OC(=O)N1[C@@H]([C@@H](COC(=O)C(C)(C)C)c2ccc(C(F)(F)F)cc2)COS1(=O)=O. The first-order chi connectivity index (χ1) is 14.8. The number of rotatable bonds is 4. The zero-order valence-electron chi connectivity index (χ0n) is 19.2. The molecule has 2 atom stereocenters. The maximum Gasteiger partial charge on any atom is 0.426 e. The Balaban J connectivity index is 2.46. The van der Waals surface area contributed by atoms with Gasteiger partial charge in [0.05, 0.1) is 23.6 Å². The average Bonchev–Trinajstić information content (AvgIpc) is 2.94. The third-order valence-electron chi connectivity index (χ3n) is 4.64. The van der Waals surface area contributed by atoms with E-state index in [1.54, 1.807) is 41.5 Å². The molecule has 1 aromatic carbocycles. The second-order valence-corrected chi connectivity index (χ2v) is 11.1. The van der Waals surface area contributed by atoms with Gasteiger partial charge >= 0.3 is 28.5 Å². The van der Waals surface area contributed by atoms with Gasteiger partial charge in [-0.3, -0.25) is 8.98 Å². The number of hydrogen-bond acceptors (Lipinski definition) is 7. The fourth-order valence-electron chi connectivity index (χ4n) is 2.99. The minimum absolute atomic E-state index is 0.226. The van der Waals surface area contributed by atoms with Crippen LogP contribution in [0, 0.1) is 5.41 Å². The highest BCUT2D eigenvalue weighted by Gasteiger charge is 2.49. The molecule has 0 saturated carbocycles. The van der Waals surface area contributed by atoms with Gasteiger partial charge in [-0.15, -0.1) is 0 Å². The van der Waals surface area contributed by atoms with Crippen molar-refractivity contribution in [1.29, 1.82) is 0 Å². The number of halogens is 3. The lowest BCUT2D eigenvalue weighted by Crippen LogP contribution is -2.46. The van der Waals surface area contributed by atoms with Gasteiger partial charge < -0.3 is 9.47 Å². The summed E-state index contributed by atoms with van der Waals surface area (Å²) >= 11 is 0. The van der Waals surface area contributed by atoms with Gasteiger partial charge in [-0.25, -0.2) is 4.79 Å². The van der Waals surface area contributed by atoms with Gasteiger partial charge in [0, 0.05) is 5.92 Å². The Morgan fingerprint density at radius 1 is 1.09 bits per heavy atom. The van der Waals surface area contributed by atoms with Crippen LogP contribution in [-0.2, 0) is 34.9 Å². The number of benzene rings is 1. The van der Waals surface area contributed by atoms with Crippen LogP contribution in [0.25, 0.3) is 0 Å². The summed E-state index contributed by atoms with van der Waals surface area (Å²) in [5, 5.41) is 0. The number of carbonyl (C=O) groups excluding carboxylic acids is 2. The Hall–Kier alpha value is -2.34. The van der Waals surface area contributed by atoms with Crippen LogP contribution in [0.5, 0.6) is 0 Å². The molecule has 0 N–H and O–H groups in total. The summed E-state index contributed by atoms with van der Waals surface area (Å²) in [7, 11) is -4.52. The third-order valence-corrected chi connectivity index (χ3v) is 5.98. The molecule has 1 aliphatic heterocycles. The maximum absolute atomic E-state index is 13.0. The smallest absolute Gasteiger partial charge is 0.426 e. The van der Waals surface area contributed by atoms with E-state index in [1.807, 2.05) is 0 Å². The van der Waals surface area contributed by atoms with Crippen LogP contribution in [0.15, 0.2) is 24.3 Å². The Bertz CT molecular complexity index is 977. The van der Waals surface area contributed by atoms with Crippen molar-refractivity contribution in [3.05, 3.63) is 35.4 Å². The van der Waals surface area contributed by atoms with Crippen molar-refractivity contribution in [2.75, 3.05) is 13.2 Å². The number of amides is 1. The van der Waals surface area contributed by atoms with Crippen LogP contribution >= 0.6 is 0 Å². The second-order valence-electron chi connectivity index (χ2n) is 9.66. The van der Waals surface area contributed by atoms with Crippen molar-refractivity contribution in [2.45, 2.75) is 65.3 Å². The number of carbonyl (C=O) groups is 2. The molecule has 186 valence electrons. The van der Waals surface area contributed by atoms with E-state index >= 15 is 0 Å². The standard InChI is InChI=1S/C21H28F3NO7S/c1-19(2,3)17(26)30-11-15(13-7-9-14(10-8-13)21(22,23)24)16-12-31-33(28,29)25(16)18(27)32-20(4,5)6/h7-10,15-16H,11-12H2,1-6H3/t15-,16+/m0/s1. The number of esters is 1. The normalized spacial score (nSPS) is 19.8. The lowest BCUT2D eigenvalue weighted by Gasteiger charge is -2.31. The first kappa shape index (κ1) is 26.9. The van der Waals surface area contributed by atoms with Gasteiger partial charge in [0.2, 0.25) is 0 Å². The topological polar surface area (TPSA) is 99.2 Å². The molecule has 2 rings (SSSR count). The second kappa shape index (κ2) is 9.13. The predicted molar refractivity (Wildman–Crippen MR) is 111 cm³/mol. The molecule has 1 aromatic rings. The fraction of sp³-hybridized carbons (Fsp3) is 0.619. The van der Waals surface area contributed by atoms with Gasteiger partial charge in [0.15, 0.2) is 0 Å². The zero-order valence-corrected chi connectivity index (χ0v) is 20.0. The third kappa shape index (κ3) is 6.83. The van der Waals surface area contributed by atoms with Crippen molar-refractivity contribution in [3.63, 3.8) is 0 Å². The van der Waals surface area contributed by atoms with Crippen LogP contribution < -0.4 is 0 Å². The van der Waals surface area contributed by atoms with E-state index in [2.05, 4.69) is 0 Å². The molecule has 8 nitrogen and oxygen atoms in total. The minimum Gasteiger partial charge on any atom is -0.465 e. The molecule has 0 unspecified atom stereocenters. The van der Waals surface area contributed by atoms with Crippen LogP contribution in [0.2, 0.25) is 0 Å². The highest BCUT2D eigenvalue weighted by Crippen LogP contribution is 2.35. The molecule has 0 spiro atoms. The van der Waals surface area contributed by atoms with Gasteiger partial charge in [-0.1, -0.05) is 12.1 Å². The summed E-state index contributed by atoms with van der Waals surface area (Å²) in [6, 6.07) is 2.74. The van der Waals surface area contributed by atoms with Gasteiger partial charge in [0.1, 0.15) is 12.2 Å². The van der Waals surface area contributed by atoms with Crippen molar-refractivity contribution in [3.8, 4) is 0 Å². The molecule has 1 aliphatic rings. The molecular weight excluding hydrogens is 467 g/mol. The van der Waals surface area contributed by atoms with Crippen molar-refractivity contribution in [1.82, 2.24) is 4.31 Å². The first-order valence-corrected chi connectivity index (χ1v) is 11.5. The van der Waals surface area contributed by atoms with Crippen LogP contribution in [-0.4, -0.2) is 49.6 Å². The highest BCUT2D eigenvalue weighted by atomic mass is 32.2. The summed E-state index contributed by atoms with van der Waals surface area (Å²) in [6.45, 7) is 8.58. The lowest BCUT2D eigenvalue weighted by atomic mass is 9.91. The lowest BCUT2D eigenvalue weighted by molar-refractivity contribution is -0.153. The Kier molecular flexibility index (Phi) is 7.44. The first-order valence-electron chi connectivity index (χ1n) is 10.1.